The van der Waals surface area contributed by atoms with E-state index >= 15 is 35.1 Å². The van der Waals surface area contributed by atoms with Gasteiger partial charge in [-0.1, -0.05) is 36.4 Å². The van der Waals surface area contributed by atoms with Gasteiger partial charge in [-0.2, -0.15) is 0 Å². The van der Waals surface area contributed by atoms with E-state index in [4.69, 9.17) is 4.42 Å². The first kappa shape index (κ1) is 50.2. The van der Waals surface area contributed by atoms with Gasteiger partial charge in [0, 0.05) is 17.5 Å². The fraction of sp³-hybridized carbons (Fsp3) is 0. The minimum absolute atomic E-state index is 0.239. The Bertz CT molecular complexity index is 3010. The summed E-state index contributed by atoms with van der Waals surface area (Å²) in [4.78, 5) is 15.1. The van der Waals surface area contributed by atoms with Crippen molar-refractivity contribution in [3.05, 3.63) is 218 Å². The first-order valence-corrected chi connectivity index (χ1v) is 24.7. The summed E-state index contributed by atoms with van der Waals surface area (Å²) in [7, 11) is -0.239. The van der Waals surface area contributed by atoms with Crippen LogP contribution in [0.1, 0.15) is 0 Å². The van der Waals surface area contributed by atoms with E-state index in [1.807, 2.05) is 24.3 Å². The summed E-state index contributed by atoms with van der Waals surface area (Å²) in [6.45, 7) is 0. The molecule has 0 N–H and O–H groups in total. The van der Waals surface area contributed by atoms with E-state index < -0.39 is 148 Å². The van der Waals surface area contributed by atoms with Gasteiger partial charge in [-0.25, -0.2) is 4.79 Å². The fourth-order valence-corrected chi connectivity index (χ4v) is 21.8. The molecule has 1 heterocycles. The normalized spacial score (nSPS) is 11.7. The monoisotopic (exact) mass is 1070 g/mol. The molecule has 8 aromatic rings. The van der Waals surface area contributed by atoms with Crippen LogP contribution in [-0.4, -0.2) is 15.0 Å². The van der Waals surface area contributed by atoms with E-state index in [2.05, 4.69) is 54.6 Å². The molecule has 7 aromatic carbocycles. The van der Waals surface area contributed by atoms with Crippen molar-refractivity contribution >= 4 is 53.4 Å². The van der Waals surface area contributed by atoms with Crippen LogP contribution in [0.25, 0.3) is 11.0 Å². The average Bonchev–Trinajstić information content (AvgIpc) is 3.34. The van der Waals surface area contributed by atoms with Gasteiger partial charge in [0.05, 0.1) is 10.9 Å². The van der Waals surface area contributed by atoms with Gasteiger partial charge in [-0.05, 0) is 42.5 Å². The summed E-state index contributed by atoms with van der Waals surface area (Å²) in [6.07, 6.45) is 0. The van der Waals surface area contributed by atoms with Crippen LogP contribution in [0.4, 0.5) is 87.8 Å². The van der Waals surface area contributed by atoms with Crippen molar-refractivity contribution in [1.29, 1.82) is 0 Å². The van der Waals surface area contributed by atoms with E-state index in [0.29, 0.717) is 5.58 Å². The van der Waals surface area contributed by atoms with Crippen molar-refractivity contribution in [2.45, 2.75) is 14.7 Å². The molecule has 356 valence electrons. The first-order chi connectivity index (χ1) is 32.5. The van der Waals surface area contributed by atoms with Crippen molar-refractivity contribution < 1.29 is 92.2 Å². The smallest absolute Gasteiger partial charge is 0.336 e. The van der Waals surface area contributed by atoms with Gasteiger partial charge in [-0.15, -0.1) is 0 Å². The van der Waals surface area contributed by atoms with Crippen LogP contribution in [0.2, 0.25) is 0 Å². The summed E-state index contributed by atoms with van der Waals surface area (Å²) in [5.74, 6) is -70.5. The van der Waals surface area contributed by atoms with Crippen LogP contribution in [0.15, 0.2) is 115 Å². The van der Waals surface area contributed by atoms with Gasteiger partial charge >= 0.3 is 241 Å². The van der Waals surface area contributed by atoms with Crippen molar-refractivity contribution in [3.63, 3.8) is 0 Å². The second kappa shape index (κ2) is 19.0. The molecule has 0 saturated heterocycles. The molecule has 8 rings (SSSR count). The first-order valence-electron chi connectivity index (χ1n) is 18.6. The van der Waals surface area contributed by atoms with Gasteiger partial charge in [0.1, 0.15) is 5.58 Å². The number of rotatable bonds is 7. The maximum Gasteiger partial charge on any atom is 0.336 e. The van der Waals surface area contributed by atoms with Crippen LogP contribution in [0.3, 0.4) is 0 Å². The van der Waals surface area contributed by atoms with E-state index in [-0.39, 0.29) is 16.5 Å². The van der Waals surface area contributed by atoms with Crippen LogP contribution < -0.4 is 22.1 Å². The zero-order chi connectivity index (χ0) is 50.7. The summed E-state index contributed by atoms with van der Waals surface area (Å²) in [5.41, 5.74) is 0.309. The molecule has 0 aliphatic heterocycles. The predicted molar refractivity (Wildman–Crippen MR) is 207 cm³/mol. The molecule has 0 spiro atoms. The van der Waals surface area contributed by atoms with Crippen LogP contribution in [0, 0.1) is 116 Å². The molecule has 24 heteroatoms. The van der Waals surface area contributed by atoms with Crippen LogP contribution in [-0.2, 0) is 10.9 Å². The van der Waals surface area contributed by atoms with E-state index in [0.717, 1.165) is 10.3 Å². The Hall–Kier alpha value is -6.66. The predicted octanol–water partition coefficient (Wildman–Crippen LogP) is 10.7. The third-order valence-electron chi connectivity index (χ3n) is 10.5. The molecule has 2 nitrogen and oxygen atoms in total. The largest absolute Gasteiger partial charge is 0.423 e. The number of benzene rings is 7. The minimum atomic E-state index is -9.74. The quantitative estimate of drug-likeness (QED) is 0.0398. The van der Waals surface area contributed by atoms with Crippen LogP contribution >= 0.6 is 0 Å². The fourth-order valence-electron chi connectivity index (χ4n) is 7.56. The minimum Gasteiger partial charge on any atom is -0.423 e. The van der Waals surface area contributed by atoms with E-state index in [9.17, 15) is 57.5 Å². The Morgan fingerprint density at radius 1 is 0.304 bits per heavy atom. The molecular formula is C45H15F20GaO2S. The molecular weight excluding hydrogens is 1050 g/mol. The third-order valence-corrected chi connectivity index (χ3v) is 24.2. The summed E-state index contributed by atoms with van der Waals surface area (Å²) in [5, 5.41) is 0.933. The van der Waals surface area contributed by atoms with Gasteiger partial charge in [0.15, 0.2) is 14.7 Å². The van der Waals surface area contributed by atoms with Gasteiger partial charge in [0.2, 0.25) is 0 Å². The summed E-state index contributed by atoms with van der Waals surface area (Å²) in [6, 6.07) is 30.2. The van der Waals surface area contributed by atoms with Gasteiger partial charge < -0.3 is 4.42 Å². The average molecular weight is 1070 g/mol. The maximum absolute atomic E-state index is 15.4. The molecule has 0 aliphatic carbocycles. The Morgan fingerprint density at radius 3 is 0.855 bits per heavy atom. The number of fused-ring (bicyclic) bond motifs is 1. The molecule has 0 bridgehead atoms. The molecule has 0 aliphatic rings. The summed E-state index contributed by atoms with van der Waals surface area (Å²) >= 11 is -9.74. The maximum atomic E-state index is 15.4. The summed E-state index contributed by atoms with van der Waals surface area (Å²) < 4.78 is 286. The number of hydrogen-bond donors (Lipinski definition) is 0. The Morgan fingerprint density at radius 2 is 0.565 bits per heavy atom. The zero-order valence-electron chi connectivity index (χ0n) is 33.0. The molecule has 0 unspecified atom stereocenters. The molecule has 0 saturated carbocycles. The molecule has 0 amide bonds. The van der Waals surface area contributed by atoms with E-state index in [1.165, 1.54) is 15.9 Å². The van der Waals surface area contributed by atoms with Crippen LogP contribution in [0.5, 0.6) is 0 Å². The van der Waals surface area contributed by atoms with Crippen molar-refractivity contribution in [2.24, 2.45) is 0 Å². The van der Waals surface area contributed by atoms with E-state index in [1.54, 1.807) is 6.07 Å². The SMILES string of the molecule is Fc1c(F)c(F)[c]([Ga-]([c]2c(F)c(F)c(F)c(F)c2F)([c]2c(F)c(F)c(F)c(F)c2F)[c]2c(F)c(F)c(F)c(F)c2F)c(F)c1F.O=c1ccc2ccc([S+](c3ccccc3)c3ccccc3)cc2o1. The van der Waals surface area contributed by atoms with Crippen molar-refractivity contribution in [2.75, 3.05) is 0 Å². The Balaban J connectivity index is 0.000000244. The molecule has 1 aromatic heterocycles. The Labute approximate surface area is 376 Å². The second-order valence-electron chi connectivity index (χ2n) is 14.2. The number of hydrogen-bond acceptors (Lipinski definition) is 2. The van der Waals surface area contributed by atoms with Gasteiger partial charge in [-0.3, -0.25) is 0 Å². The Kier molecular flexibility index (Phi) is 13.8. The van der Waals surface area contributed by atoms with Gasteiger partial charge in [0.25, 0.3) is 0 Å². The molecule has 0 fully saturated rings. The molecule has 0 radical (unpaired) electrons. The topological polar surface area (TPSA) is 30.2 Å². The van der Waals surface area contributed by atoms with Crippen molar-refractivity contribution in [1.82, 2.24) is 0 Å². The third kappa shape index (κ3) is 8.09. The standard InChI is InChI=1S/C21H15O2S.4C6F5.Ga/c22-21-14-12-16-11-13-19(15-20(16)23-21)24(17-7-3-1-4-8-17)18-9-5-2-6-10-18;4*7-2-1-3(8)5(10)6(11)4(2)9;/h1-15H;;;;;/q+1;;;;;-1. The number of halogens is 20. The molecule has 0 atom stereocenters. The second-order valence-corrected chi connectivity index (χ2v) is 24.7. The zero-order valence-corrected chi connectivity index (χ0v) is 36.3. The van der Waals surface area contributed by atoms with Crippen molar-refractivity contribution in [3.8, 4) is 0 Å². The molecule has 69 heavy (non-hydrogen) atoms.